The van der Waals surface area contributed by atoms with Crippen LogP contribution < -0.4 is 25.8 Å². The molecule has 0 spiro atoms. The normalized spacial score (nSPS) is 16.2. The van der Waals surface area contributed by atoms with E-state index in [2.05, 4.69) is 10.6 Å². The summed E-state index contributed by atoms with van der Waals surface area (Å²) in [6, 6.07) is 8.06. The van der Waals surface area contributed by atoms with Crippen molar-refractivity contribution in [3.63, 3.8) is 0 Å². The topological polar surface area (TPSA) is 177 Å². The molecule has 0 fully saturated rings. The Bertz CT molecular complexity index is 1270. The number of carbonyl (C=O) groups excluding carboxylic acids is 2. The Morgan fingerprint density at radius 3 is 2.41 bits per heavy atom. The summed E-state index contributed by atoms with van der Waals surface area (Å²) in [7, 11) is -1.41. The van der Waals surface area contributed by atoms with Gasteiger partial charge in [0.05, 0.1) is 19.1 Å². The molecule has 2 aromatic carbocycles. The fraction of sp³-hybridized carbons (Fsp3) is 0.375. The molecule has 2 atom stereocenters. The molecule has 5 N–H and O–H groups in total. The lowest BCUT2D eigenvalue weighted by Crippen LogP contribution is -2.55. The van der Waals surface area contributed by atoms with Gasteiger partial charge in [0.1, 0.15) is 12.1 Å². The molecule has 3 amide bonds. The van der Waals surface area contributed by atoms with Crippen LogP contribution in [-0.2, 0) is 32.6 Å². The van der Waals surface area contributed by atoms with Crippen molar-refractivity contribution >= 4 is 27.9 Å². The van der Waals surface area contributed by atoms with Crippen molar-refractivity contribution in [1.82, 2.24) is 14.9 Å². The van der Waals surface area contributed by atoms with Gasteiger partial charge in [-0.25, -0.2) is 18.0 Å². The van der Waals surface area contributed by atoms with E-state index in [1.807, 2.05) is 0 Å². The molecule has 2 aromatic rings. The van der Waals surface area contributed by atoms with E-state index in [0.29, 0.717) is 5.75 Å². The van der Waals surface area contributed by atoms with E-state index in [1.165, 1.54) is 32.4 Å². The van der Waals surface area contributed by atoms with Crippen molar-refractivity contribution < 1.29 is 37.4 Å². The van der Waals surface area contributed by atoms with E-state index >= 15 is 0 Å². The molecular weight excluding hydrogens is 504 g/mol. The zero-order valence-corrected chi connectivity index (χ0v) is 21.3. The largest absolute Gasteiger partial charge is 0.493 e. The first-order chi connectivity index (χ1) is 17.6. The van der Waals surface area contributed by atoms with E-state index in [-0.39, 0.29) is 43.0 Å². The average molecular weight is 535 g/mol. The number of hydrogen-bond donors (Lipinski definition) is 4. The second-order valence-electron chi connectivity index (χ2n) is 8.39. The standard InChI is InChI=1S/C24H30N4O8S/c1-35-20-10-9-17(13-21(20)36-2)37(33,34)28-14-16-7-4-3-6-15(16)12-19(28)22(29)27-18(23(30)31)8-5-11-26-24(25)32/h3-4,6-7,9-10,13,18-19H,5,8,11-12,14H2,1-2H3,(H,27,29)(H,30,31)(H3,25,26,32)/t18?,19-/m0/s1. The molecule has 1 aliphatic rings. The third-order valence-electron chi connectivity index (χ3n) is 6.05. The Balaban J connectivity index is 1.91. The number of methoxy groups -OCH3 is 2. The number of nitrogens with two attached hydrogens (primary N) is 1. The highest BCUT2D eigenvalue weighted by Gasteiger charge is 2.40. The molecule has 37 heavy (non-hydrogen) atoms. The third kappa shape index (κ3) is 6.49. The summed E-state index contributed by atoms with van der Waals surface area (Å²) < 4.78 is 39.0. The van der Waals surface area contributed by atoms with Gasteiger partial charge in [-0.2, -0.15) is 4.31 Å². The van der Waals surface area contributed by atoms with Gasteiger partial charge in [-0.15, -0.1) is 0 Å². The summed E-state index contributed by atoms with van der Waals surface area (Å²) in [6.45, 7) is 0.0524. The zero-order chi connectivity index (χ0) is 27.2. The van der Waals surface area contributed by atoms with Gasteiger partial charge < -0.3 is 30.9 Å². The summed E-state index contributed by atoms with van der Waals surface area (Å²) >= 11 is 0. The van der Waals surface area contributed by atoms with Gasteiger partial charge in [0.15, 0.2) is 11.5 Å². The summed E-state index contributed by atoms with van der Waals surface area (Å²) in [5.74, 6) is -1.47. The maximum atomic E-state index is 13.8. The predicted octanol–water partition coefficient (Wildman–Crippen LogP) is 0.837. The maximum Gasteiger partial charge on any atom is 0.326 e. The second-order valence-corrected chi connectivity index (χ2v) is 10.3. The van der Waals surface area contributed by atoms with Gasteiger partial charge in [-0.05, 0) is 42.5 Å². The van der Waals surface area contributed by atoms with Crippen LogP contribution in [-0.4, -0.2) is 68.6 Å². The lowest BCUT2D eigenvalue weighted by atomic mass is 9.95. The zero-order valence-electron chi connectivity index (χ0n) is 20.5. The first kappa shape index (κ1) is 27.7. The Labute approximate surface area is 214 Å². The molecule has 0 saturated heterocycles. The summed E-state index contributed by atoms with van der Waals surface area (Å²) in [6.07, 6.45) is 0.304. The van der Waals surface area contributed by atoms with E-state index in [9.17, 15) is 27.9 Å². The Hall–Kier alpha value is -3.84. The van der Waals surface area contributed by atoms with Crippen LogP contribution in [0.1, 0.15) is 24.0 Å². The van der Waals surface area contributed by atoms with E-state index in [1.54, 1.807) is 24.3 Å². The number of amides is 3. The molecule has 0 radical (unpaired) electrons. The van der Waals surface area contributed by atoms with Crippen LogP contribution in [0, 0.1) is 0 Å². The number of carboxylic acid groups (broad SMARTS) is 1. The lowest BCUT2D eigenvalue weighted by Gasteiger charge is -2.35. The van der Waals surface area contributed by atoms with Crippen molar-refractivity contribution in [3.05, 3.63) is 53.6 Å². The smallest absolute Gasteiger partial charge is 0.326 e. The molecule has 200 valence electrons. The number of benzene rings is 2. The van der Waals surface area contributed by atoms with Crippen molar-refractivity contribution in [2.75, 3.05) is 20.8 Å². The Kier molecular flexibility index (Phi) is 8.95. The number of ether oxygens (including phenoxy) is 2. The summed E-state index contributed by atoms with van der Waals surface area (Å²) in [5, 5.41) is 14.4. The number of carboxylic acids is 1. The molecular formula is C24H30N4O8S. The summed E-state index contributed by atoms with van der Waals surface area (Å²) in [5.41, 5.74) is 6.54. The molecule has 0 aliphatic carbocycles. The quantitative estimate of drug-likeness (QED) is 0.306. The molecule has 13 heteroatoms. The minimum absolute atomic E-state index is 0.00703. The molecule has 1 heterocycles. The van der Waals surface area contributed by atoms with Crippen LogP contribution in [0.25, 0.3) is 0 Å². The number of nitrogens with one attached hydrogen (secondary N) is 2. The highest BCUT2D eigenvalue weighted by molar-refractivity contribution is 7.89. The van der Waals surface area contributed by atoms with Crippen LogP contribution in [0.2, 0.25) is 0 Å². The van der Waals surface area contributed by atoms with Gasteiger partial charge in [-0.1, -0.05) is 24.3 Å². The highest BCUT2D eigenvalue weighted by Crippen LogP contribution is 2.34. The fourth-order valence-electron chi connectivity index (χ4n) is 4.13. The van der Waals surface area contributed by atoms with Crippen LogP contribution >= 0.6 is 0 Å². The average Bonchev–Trinajstić information content (AvgIpc) is 2.88. The highest BCUT2D eigenvalue weighted by atomic mass is 32.2. The first-order valence-corrected chi connectivity index (χ1v) is 12.9. The van der Waals surface area contributed by atoms with Gasteiger partial charge in [0, 0.05) is 19.2 Å². The van der Waals surface area contributed by atoms with Crippen molar-refractivity contribution in [2.24, 2.45) is 5.73 Å². The molecule has 12 nitrogen and oxygen atoms in total. The summed E-state index contributed by atoms with van der Waals surface area (Å²) in [4.78, 5) is 35.9. The number of nitrogens with zero attached hydrogens (tertiary/aromatic N) is 1. The molecule has 0 bridgehead atoms. The number of aliphatic carboxylic acids is 1. The number of sulfonamides is 1. The minimum Gasteiger partial charge on any atom is -0.493 e. The number of urea groups is 1. The van der Waals surface area contributed by atoms with Crippen LogP contribution in [0.3, 0.4) is 0 Å². The van der Waals surface area contributed by atoms with Gasteiger partial charge in [0.25, 0.3) is 0 Å². The molecule has 0 aromatic heterocycles. The number of primary amides is 1. The SMILES string of the molecule is COc1ccc(S(=O)(=O)N2Cc3ccccc3C[C@H]2C(=O)NC(CCCNC(N)=O)C(=O)O)cc1OC. The number of hydrogen-bond acceptors (Lipinski definition) is 7. The van der Waals surface area contributed by atoms with E-state index in [4.69, 9.17) is 15.2 Å². The van der Waals surface area contributed by atoms with Gasteiger partial charge in [-0.3, -0.25) is 4.79 Å². The van der Waals surface area contributed by atoms with E-state index < -0.39 is 40.0 Å². The monoisotopic (exact) mass is 534 g/mol. The van der Waals surface area contributed by atoms with Crippen LogP contribution in [0.5, 0.6) is 11.5 Å². The van der Waals surface area contributed by atoms with Crippen LogP contribution in [0.15, 0.2) is 47.4 Å². The lowest BCUT2D eigenvalue weighted by molar-refractivity contribution is -0.142. The van der Waals surface area contributed by atoms with E-state index in [0.717, 1.165) is 15.4 Å². The van der Waals surface area contributed by atoms with Gasteiger partial charge in [0.2, 0.25) is 15.9 Å². The van der Waals surface area contributed by atoms with Crippen LogP contribution in [0.4, 0.5) is 4.79 Å². The fourth-order valence-corrected chi connectivity index (χ4v) is 5.71. The predicted molar refractivity (Wildman–Crippen MR) is 133 cm³/mol. The molecule has 1 unspecified atom stereocenters. The molecule has 3 rings (SSSR count). The second kappa shape index (κ2) is 11.9. The van der Waals surface area contributed by atoms with Crippen molar-refractivity contribution in [1.29, 1.82) is 0 Å². The van der Waals surface area contributed by atoms with Gasteiger partial charge >= 0.3 is 12.0 Å². The molecule has 1 aliphatic heterocycles. The number of fused-ring (bicyclic) bond motifs is 1. The number of carbonyl (C=O) groups is 3. The Morgan fingerprint density at radius 2 is 1.78 bits per heavy atom. The van der Waals surface area contributed by atoms with Crippen molar-refractivity contribution in [3.8, 4) is 11.5 Å². The molecule has 0 saturated carbocycles. The third-order valence-corrected chi connectivity index (χ3v) is 7.90. The Morgan fingerprint density at radius 1 is 1.11 bits per heavy atom. The number of rotatable bonds is 11. The maximum absolute atomic E-state index is 13.8. The van der Waals surface area contributed by atoms with Crippen molar-refractivity contribution in [2.45, 2.75) is 42.8 Å². The minimum atomic E-state index is -4.21. The first-order valence-electron chi connectivity index (χ1n) is 11.5.